The zero-order valence-electron chi connectivity index (χ0n) is 13.5. The third-order valence-corrected chi connectivity index (χ3v) is 4.51. The Bertz CT molecular complexity index is 848. The number of nitrogens with zero attached hydrogens (tertiary/aromatic N) is 2. The van der Waals surface area contributed by atoms with Crippen LogP contribution in [0.5, 0.6) is 0 Å². The summed E-state index contributed by atoms with van der Waals surface area (Å²) in [5, 5.41) is 1.10. The number of amides is 1. The van der Waals surface area contributed by atoms with Gasteiger partial charge in [-0.1, -0.05) is 48.5 Å². The maximum atomic E-state index is 13.0. The fraction of sp³-hybridized carbons (Fsp3) is 0.250. The van der Waals surface area contributed by atoms with Gasteiger partial charge < -0.3 is 14.2 Å². The molecule has 0 atom stereocenters. The Hall–Kier alpha value is -2.59. The number of rotatable bonds is 3. The topological polar surface area (TPSA) is 34.5 Å². The van der Waals surface area contributed by atoms with Gasteiger partial charge in [0.05, 0.1) is 13.2 Å². The van der Waals surface area contributed by atoms with Crippen LogP contribution in [0, 0.1) is 0 Å². The number of hydrogen-bond acceptors (Lipinski definition) is 2. The van der Waals surface area contributed by atoms with E-state index in [1.54, 1.807) is 0 Å². The van der Waals surface area contributed by atoms with E-state index in [1.165, 1.54) is 5.56 Å². The first kappa shape index (κ1) is 15.0. The number of carbonyl (C=O) groups is 1. The molecule has 2 heterocycles. The van der Waals surface area contributed by atoms with Crippen LogP contribution in [-0.4, -0.2) is 41.7 Å². The average Bonchev–Trinajstić information content (AvgIpc) is 3.01. The van der Waals surface area contributed by atoms with Crippen molar-refractivity contribution >= 4 is 16.8 Å². The van der Waals surface area contributed by atoms with E-state index in [-0.39, 0.29) is 5.91 Å². The van der Waals surface area contributed by atoms with Crippen LogP contribution >= 0.6 is 0 Å². The van der Waals surface area contributed by atoms with Crippen LogP contribution in [0.15, 0.2) is 60.7 Å². The SMILES string of the molecule is O=C(c1cc2ccccc2n1Cc1ccccc1)N1CCOCC1. The second-order valence-electron chi connectivity index (χ2n) is 6.06. The van der Waals surface area contributed by atoms with E-state index in [2.05, 4.69) is 28.8 Å². The van der Waals surface area contributed by atoms with Crippen molar-refractivity contribution in [3.63, 3.8) is 0 Å². The fourth-order valence-electron chi connectivity index (χ4n) is 3.25. The van der Waals surface area contributed by atoms with Crippen LogP contribution in [-0.2, 0) is 11.3 Å². The summed E-state index contributed by atoms with van der Waals surface area (Å²) in [4.78, 5) is 14.9. The second kappa shape index (κ2) is 6.49. The Labute approximate surface area is 141 Å². The molecule has 1 saturated heterocycles. The first-order valence-corrected chi connectivity index (χ1v) is 8.32. The monoisotopic (exact) mass is 320 g/mol. The molecular formula is C20H20N2O2. The maximum absolute atomic E-state index is 13.0. The summed E-state index contributed by atoms with van der Waals surface area (Å²) < 4.78 is 7.50. The first-order valence-electron chi connectivity index (χ1n) is 8.32. The van der Waals surface area contributed by atoms with Gasteiger partial charge in [-0.3, -0.25) is 4.79 Å². The van der Waals surface area contributed by atoms with Crippen molar-refractivity contribution in [3.8, 4) is 0 Å². The highest BCUT2D eigenvalue weighted by Crippen LogP contribution is 2.23. The predicted molar refractivity (Wildman–Crippen MR) is 94.2 cm³/mol. The molecule has 1 aliphatic heterocycles. The van der Waals surface area contributed by atoms with Crippen LogP contribution in [0.4, 0.5) is 0 Å². The Morgan fingerprint density at radius 2 is 1.67 bits per heavy atom. The molecule has 0 aliphatic carbocycles. The largest absolute Gasteiger partial charge is 0.378 e. The number of fused-ring (bicyclic) bond motifs is 1. The Kier molecular flexibility index (Phi) is 4.05. The van der Waals surface area contributed by atoms with Gasteiger partial charge in [0.15, 0.2) is 0 Å². The molecule has 4 heteroatoms. The average molecular weight is 320 g/mol. The summed E-state index contributed by atoms with van der Waals surface area (Å²) in [5.74, 6) is 0.0884. The third kappa shape index (κ3) is 2.81. The molecule has 3 aromatic rings. The number of aromatic nitrogens is 1. The van der Waals surface area contributed by atoms with E-state index >= 15 is 0 Å². The van der Waals surface area contributed by atoms with Crippen molar-refractivity contribution in [1.29, 1.82) is 0 Å². The maximum Gasteiger partial charge on any atom is 0.270 e. The minimum Gasteiger partial charge on any atom is -0.378 e. The van der Waals surface area contributed by atoms with Crippen molar-refractivity contribution in [2.75, 3.05) is 26.3 Å². The van der Waals surface area contributed by atoms with E-state index in [1.807, 2.05) is 41.3 Å². The van der Waals surface area contributed by atoms with Crippen molar-refractivity contribution in [1.82, 2.24) is 9.47 Å². The summed E-state index contributed by atoms with van der Waals surface area (Å²) >= 11 is 0. The van der Waals surface area contributed by atoms with Gasteiger partial charge in [-0.25, -0.2) is 0 Å². The molecule has 1 aliphatic rings. The van der Waals surface area contributed by atoms with E-state index in [4.69, 9.17) is 4.74 Å². The zero-order valence-corrected chi connectivity index (χ0v) is 13.5. The molecule has 0 spiro atoms. The van der Waals surface area contributed by atoms with Crippen LogP contribution in [0.3, 0.4) is 0 Å². The number of morpholine rings is 1. The van der Waals surface area contributed by atoms with Crippen molar-refractivity contribution in [2.45, 2.75) is 6.54 Å². The minimum absolute atomic E-state index is 0.0884. The normalized spacial score (nSPS) is 14.9. The molecule has 122 valence electrons. The van der Waals surface area contributed by atoms with Gasteiger partial charge in [0.25, 0.3) is 5.91 Å². The molecule has 4 rings (SSSR count). The summed E-state index contributed by atoms with van der Waals surface area (Å²) in [6, 6.07) is 20.4. The molecule has 0 N–H and O–H groups in total. The molecule has 0 bridgehead atoms. The van der Waals surface area contributed by atoms with E-state index < -0.39 is 0 Å². The lowest BCUT2D eigenvalue weighted by Crippen LogP contribution is -2.41. The van der Waals surface area contributed by atoms with Gasteiger partial charge in [0.2, 0.25) is 0 Å². The summed E-state index contributed by atoms with van der Waals surface area (Å²) in [5.41, 5.74) is 3.04. The van der Waals surface area contributed by atoms with Crippen LogP contribution in [0.25, 0.3) is 10.9 Å². The first-order chi connectivity index (χ1) is 11.8. The predicted octanol–water partition coefficient (Wildman–Crippen LogP) is 3.16. The molecule has 4 nitrogen and oxygen atoms in total. The summed E-state index contributed by atoms with van der Waals surface area (Å²) in [6.07, 6.45) is 0. The Balaban J connectivity index is 1.76. The molecule has 1 aromatic heterocycles. The highest BCUT2D eigenvalue weighted by molar-refractivity contribution is 5.98. The quantitative estimate of drug-likeness (QED) is 0.743. The standard InChI is InChI=1S/C20H20N2O2/c23-20(21-10-12-24-13-11-21)19-14-17-8-4-5-9-18(17)22(19)15-16-6-2-1-3-7-16/h1-9,14H,10-13,15H2. The van der Waals surface area contributed by atoms with Gasteiger partial charge >= 0.3 is 0 Å². The molecule has 24 heavy (non-hydrogen) atoms. The fourth-order valence-corrected chi connectivity index (χ4v) is 3.25. The molecule has 2 aromatic carbocycles. The lowest BCUT2D eigenvalue weighted by Gasteiger charge is -2.27. The summed E-state index contributed by atoms with van der Waals surface area (Å²) in [7, 11) is 0. The zero-order chi connectivity index (χ0) is 16.4. The highest BCUT2D eigenvalue weighted by atomic mass is 16.5. The van der Waals surface area contributed by atoms with Crippen LogP contribution in [0.2, 0.25) is 0 Å². The lowest BCUT2D eigenvalue weighted by molar-refractivity contribution is 0.0296. The van der Waals surface area contributed by atoms with E-state index in [0.717, 1.165) is 16.6 Å². The van der Waals surface area contributed by atoms with Gasteiger partial charge in [0.1, 0.15) is 5.69 Å². The van der Waals surface area contributed by atoms with E-state index in [9.17, 15) is 4.79 Å². The highest BCUT2D eigenvalue weighted by Gasteiger charge is 2.23. The Morgan fingerprint density at radius 3 is 2.46 bits per heavy atom. The number of benzene rings is 2. The van der Waals surface area contributed by atoms with Crippen molar-refractivity contribution in [2.24, 2.45) is 0 Å². The summed E-state index contributed by atoms with van der Waals surface area (Å²) in [6.45, 7) is 3.24. The minimum atomic E-state index is 0.0884. The lowest BCUT2D eigenvalue weighted by atomic mass is 10.2. The molecule has 0 saturated carbocycles. The van der Waals surface area contributed by atoms with Gasteiger partial charge in [-0.05, 0) is 17.7 Å². The third-order valence-electron chi connectivity index (χ3n) is 4.51. The van der Waals surface area contributed by atoms with Gasteiger partial charge in [-0.2, -0.15) is 0 Å². The molecule has 0 unspecified atom stereocenters. The molecule has 1 amide bonds. The smallest absolute Gasteiger partial charge is 0.270 e. The van der Waals surface area contributed by atoms with Gasteiger partial charge in [0, 0.05) is 30.5 Å². The number of ether oxygens (including phenoxy) is 1. The second-order valence-corrected chi connectivity index (χ2v) is 6.06. The van der Waals surface area contributed by atoms with Crippen molar-refractivity contribution in [3.05, 3.63) is 71.9 Å². The van der Waals surface area contributed by atoms with Crippen molar-refractivity contribution < 1.29 is 9.53 Å². The molecule has 0 radical (unpaired) electrons. The Morgan fingerprint density at radius 1 is 0.958 bits per heavy atom. The van der Waals surface area contributed by atoms with Crippen LogP contribution < -0.4 is 0 Å². The number of para-hydroxylation sites is 1. The molecular weight excluding hydrogens is 300 g/mol. The van der Waals surface area contributed by atoms with Crippen LogP contribution in [0.1, 0.15) is 16.1 Å². The number of carbonyl (C=O) groups excluding carboxylic acids is 1. The van der Waals surface area contributed by atoms with E-state index in [0.29, 0.717) is 32.8 Å². The number of hydrogen-bond donors (Lipinski definition) is 0. The van der Waals surface area contributed by atoms with Gasteiger partial charge in [-0.15, -0.1) is 0 Å². The molecule has 1 fully saturated rings.